The summed E-state index contributed by atoms with van der Waals surface area (Å²) in [6, 6.07) is 4.87. The number of amides is 3. The maximum absolute atomic E-state index is 13.2. The second-order valence-corrected chi connectivity index (χ2v) is 7.54. The first-order valence-corrected chi connectivity index (χ1v) is 9.47. The normalized spacial score (nSPS) is 17.5. The fourth-order valence-corrected chi connectivity index (χ4v) is 4.16. The van der Waals surface area contributed by atoms with Crippen LogP contribution in [0.1, 0.15) is 22.6 Å². The van der Waals surface area contributed by atoms with Crippen LogP contribution < -0.4 is 20.9 Å². The zero-order valence-corrected chi connectivity index (χ0v) is 16.2. The average molecular weight is 413 g/mol. The minimum Gasteiger partial charge on any atom is -0.366 e. The Kier molecular flexibility index (Phi) is 3.85. The summed E-state index contributed by atoms with van der Waals surface area (Å²) < 4.78 is 0. The van der Waals surface area contributed by atoms with Gasteiger partial charge in [0.2, 0.25) is 0 Å². The third kappa shape index (κ3) is 2.75. The molecule has 29 heavy (non-hydrogen) atoms. The van der Waals surface area contributed by atoms with E-state index in [-0.39, 0.29) is 16.8 Å². The molecule has 5 heterocycles. The van der Waals surface area contributed by atoms with E-state index in [1.807, 2.05) is 19.1 Å². The Balaban J connectivity index is 1.54. The molecule has 3 amide bonds. The van der Waals surface area contributed by atoms with Crippen LogP contribution in [-0.2, 0) is 0 Å². The number of aromatic amines is 1. The van der Waals surface area contributed by atoms with Gasteiger partial charge in [-0.1, -0.05) is 11.6 Å². The molecule has 2 bridgehead atoms. The smallest absolute Gasteiger partial charge is 0.329 e. The Morgan fingerprint density at radius 2 is 2.17 bits per heavy atom. The molecule has 11 heteroatoms. The van der Waals surface area contributed by atoms with E-state index in [0.717, 1.165) is 18.7 Å². The van der Waals surface area contributed by atoms with Gasteiger partial charge < -0.3 is 10.6 Å². The Morgan fingerprint density at radius 1 is 1.34 bits per heavy atom. The van der Waals surface area contributed by atoms with Crippen LogP contribution in [0.25, 0.3) is 11.0 Å². The lowest BCUT2D eigenvalue weighted by molar-refractivity contribution is 0.0995. The SMILES string of the molecule is Cc1ccc2c(NC(=O)N3c4nc(C(N)=O)c(Cl)cc4N4CC[C@H]3C4)n[nH]c2n1. The minimum atomic E-state index is -0.745. The van der Waals surface area contributed by atoms with Gasteiger partial charge in [-0.15, -0.1) is 0 Å². The molecule has 148 valence electrons. The standard InChI is InChI=1S/C18H17ClN8O2/c1-8-2-3-10-15(21-8)24-25-16(10)23-18(29)27-9-4-5-26(7-9)12-6-11(19)13(14(20)28)22-17(12)27/h2-3,6,9H,4-5,7H2,1H3,(H2,20,28)(H2,21,23,24,25,29)/t9-/m0/s1. The molecule has 1 fully saturated rings. The predicted octanol–water partition coefficient (Wildman–Crippen LogP) is 2.04. The summed E-state index contributed by atoms with van der Waals surface area (Å²) in [4.78, 5) is 37.3. The Hall–Kier alpha value is -3.40. The number of nitrogens with zero attached hydrogens (tertiary/aromatic N) is 5. The molecule has 2 aliphatic heterocycles. The quantitative estimate of drug-likeness (QED) is 0.589. The molecule has 1 saturated heterocycles. The number of aryl methyl sites for hydroxylation is 1. The van der Waals surface area contributed by atoms with Crippen LogP contribution in [0, 0.1) is 6.92 Å². The van der Waals surface area contributed by atoms with Gasteiger partial charge in [0, 0.05) is 18.8 Å². The number of halogens is 1. The first kappa shape index (κ1) is 17.7. The third-order valence-corrected chi connectivity index (χ3v) is 5.56. The van der Waals surface area contributed by atoms with E-state index in [2.05, 4.69) is 30.4 Å². The molecule has 1 atom stereocenters. The fraction of sp³-hybridized carbons (Fsp3) is 0.278. The number of hydrogen-bond donors (Lipinski definition) is 3. The van der Waals surface area contributed by atoms with Gasteiger partial charge in [-0.05, 0) is 31.5 Å². The molecule has 0 aromatic carbocycles. The van der Waals surface area contributed by atoms with Crippen molar-refractivity contribution in [1.29, 1.82) is 0 Å². The van der Waals surface area contributed by atoms with E-state index < -0.39 is 11.9 Å². The molecule has 2 aliphatic rings. The monoisotopic (exact) mass is 412 g/mol. The number of rotatable bonds is 2. The maximum Gasteiger partial charge on any atom is 0.329 e. The first-order chi connectivity index (χ1) is 13.9. The fourth-order valence-electron chi connectivity index (χ4n) is 3.92. The number of primary amides is 1. The number of nitrogens with one attached hydrogen (secondary N) is 2. The van der Waals surface area contributed by atoms with Gasteiger partial charge in [0.1, 0.15) is 5.69 Å². The number of aromatic nitrogens is 4. The molecule has 0 radical (unpaired) electrons. The number of fused-ring (bicyclic) bond motifs is 5. The van der Waals surface area contributed by atoms with E-state index in [9.17, 15) is 9.59 Å². The van der Waals surface area contributed by atoms with Crippen LogP contribution in [0.15, 0.2) is 18.2 Å². The Morgan fingerprint density at radius 3 is 2.97 bits per heavy atom. The van der Waals surface area contributed by atoms with Crippen LogP contribution in [0.4, 0.5) is 22.1 Å². The highest BCUT2D eigenvalue weighted by molar-refractivity contribution is 6.34. The number of carbonyl (C=O) groups is 2. The Bertz CT molecular complexity index is 1180. The van der Waals surface area contributed by atoms with Gasteiger partial charge in [0.25, 0.3) is 5.91 Å². The predicted molar refractivity (Wildman–Crippen MR) is 109 cm³/mol. The van der Waals surface area contributed by atoms with Crippen molar-refractivity contribution < 1.29 is 9.59 Å². The van der Waals surface area contributed by atoms with E-state index in [4.69, 9.17) is 17.3 Å². The summed E-state index contributed by atoms with van der Waals surface area (Å²) in [5.74, 6) is -0.00218. The largest absolute Gasteiger partial charge is 0.366 e. The van der Waals surface area contributed by atoms with Gasteiger partial charge in [-0.25, -0.2) is 14.8 Å². The molecular weight excluding hydrogens is 396 g/mol. The number of nitrogens with two attached hydrogens (primary N) is 1. The van der Waals surface area contributed by atoms with Gasteiger partial charge in [0.05, 0.1) is 22.1 Å². The number of H-pyrrole nitrogens is 1. The van der Waals surface area contributed by atoms with E-state index in [1.165, 1.54) is 0 Å². The highest BCUT2D eigenvalue weighted by atomic mass is 35.5. The number of pyridine rings is 2. The summed E-state index contributed by atoms with van der Waals surface area (Å²) in [5, 5.41) is 10.7. The summed E-state index contributed by atoms with van der Waals surface area (Å²) in [7, 11) is 0. The molecule has 3 aromatic heterocycles. The lowest BCUT2D eigenvalue weighted by Gasteiger charge is -2.35. The number of urea groups is 1. The van der Waals surface area contributed by atoms with Crippen molar-refractivity contribution in [2.45, 2.75) is 19.4 Å². The summed E-state index contributed by atoms with van der Waals surface area (Å²) >= 11 is 6.18. The molecule has 3 aromatic rings. The topological polar surface area (TPSA) is 133 Å². The van der Waals surface area contributed by atoms with Crippen molar-refractivity contribution in [1.82, 2.24) is 20.2 Å². The van der Waals surface area contributed by atoms with E-state index in [1.54, 1.807) is 11.0 Å². The first-order valence-electron chi connectivity index (χ1n) is 9.09. The van der Waals surface area contributed by atoms with Crippen LogP contribution in [0.5, 0.6) is 0 Å². The van der Waals surface area contributed by atoms with Crippen LogP contribution in [0.3, 0.4) is 0 Å². The minimum absolute atomic E-state index is 0.0596. The van der Waals surface area contributed by atoms with Gasteiger partial charge >= 0.3 is 6.03 Å². The second kappa shape index (κ2) is 6.31. The van der Waals surface area contributed by atoms with Crippen molar-refractivity contribution in [2.75, 3.05) is 28.2 Å². The number of hydrogen-bond acceptors (Lipinski definition) is 6. The number of carbonyl (C=O) groups excluding carboxylic acids is 2. The molecule has 0 saturated carbocycles. The van der Waals surface area contributed by atoms with E-state index in [0.29, 0.717) is 34.9 Å². The highest BCUT2D eigenvalue weighted by Gasteiger charge is 2.41. The lowest BCUT2D eigenvalue weighted by Crippen LogP contribution is -2.48. The van der Waals surface area contributed by atoms with Crippen molar-refractivity contribution in [2.24, 2.45) is 5.73 Å². The van der Waals surface area contributed by atoms with Crippen LogP contribution in [-0.4, -0.2) is 51.2 Å². The zero-order chi connectivity index (χ0) is 20.3. The second-order valence-electron chi connectivity index (χ2n) is 7.14. The lowest BCUT2D eigenvalue weighted by atomic mass is 10.1. The van der Waals surface area contributed by atoms with Crippen molar-refractivity contribution in [3.63, 3.8) is 0 Å². The maximum atomic E-state index is 13.2. The zero-order valence-electron chi connectivity index (χ0n) is 15.4. The summed E-state index contributed by atoms with van der Waals surface area (Å²) in [6.45, 7) is 3.31. The molecule has 5 rings (SSSR count). The van der Waals surface area contributed by atoms with Crippen LogP contribution >= 0.6 is 11.6 Å². The molecule has 0 unspecified atom stereocenters. The average Bonchev–Trinajstić information content (AvgIpc) is 3.27. The number of anilines is 3. The van der Waals surface area contributed by atoms with Crippen molar-refractivity contribution in [3.8, 4) is 0 Å². The summed E-state index contributed by atoms with van der Waals surface area (Å²) in [5.41, 5.74) is 7.47. The molecule has 0 spiro atoms. The van der Waals surface area contributed by atoms with E-state index >= 15 is 0 Å². The highest BCUT2D eigenvalue weighted by Crippen LogP contribution is 2.41. The molecule has 10 nitrogen and oxygen atoms in total. The van der Waals surface area contributed by atoms with Gasteiger partial charge in [-0.2, -0.15) is 5.10 Å². The summed E-state index contributed by atoms with van der Waals surface area (Å²) in [6.07, 6.45) is 0.773. The molecular formula is C18H17ClN8O2. The molecule has 0 aliphatic carbocycles. The third-order valence-electron chi connectivity index (χ3n) is 5.27. The van der Waals surface area contributed by atoms with Crippen LogP contribution in [0.2, 0.25) is 5.02 Å². The van der Waals surface area contributed by atoms with Gasteiger partial charge in [0.15, 0.2) is 17.3 Å². The van der Waals surface area contributed by atoms with Crippen molar-refractivity contribution in [3.05, 3.63) is 34.6 Å². The molecule has 4 N–H and O–H groups in total. The Labute approximate surface area is 170 Å². The van der Waals surface area contributed by atoms with Gasteiger partial charge in [-0.3, -0.25) is 20.1 Å². The van der Waals surface area contributed by atoms with Crippen molar-refractivity contribution >= 4 is 51.9 Å².